The molecule has 0 aromatic heterocycles. The number of rotatable bonds is 7. The van der Waals surface area contributed by atoms with Crippen LogP contribution in [0.25, 0.3) is 0 Å². The summed E-state index contributed by atoms with van der Waals surface area (Å²) in [5, 5.41) is 0. The zero-order chi connectivity index (χ0) is 14.9. The third kappa shape index (κ3) is 6.14. The molecule has 0 aliphatic heterocycles. The third-order valence-corrected chi connectivity index (χ3v) is 5.89. The minimum Gasteiger partial charge on any atom is -0.384 e. The Morgan fingerprint density at radius 3 is 1.86 bits per heavy atom. The monoisotopic (exact) mass is 292 g/mol. The molecule has 1 heteroatoms. The number of ether oxygens (including phenoxy) is 1. The molecule has 21 heavy (non-hydrogen) atoms. The molecular weight excluding hydrogens is 256 g/mol. The molecule has 0 N–H and O–H groups in total. The molecule has 0 radical (unpaired) electrons. The predicted molar refractivity (Wildman–Crippen MR) is 91.4 cm³/mol. The fourth-order valence-electron chi connectivity index (χ4n) is 4.39. The molecule has 2 saturated carbocycles. The highest BCUT2D eigenvalue weighted by Gasteiger charge is 2.24. The average molecular weight is 293 g/mol. The van der Waals surface area contributed by atoms with Gasteiger partial charge in [0.15, 0.2) is 0 Å². The van der Waals surface area contributed by atoms with E-state index in [-0.39, 0.29) is 0 Å². The maximum absolute atomic E-state index is 5.30. The Hall–Kier alpha value is -0.300. The number of allylic oxidation sites excluding steroid dienone is 2. The van der Waals surface area contributed by atoms with Gasteiger partial charge < -0.3 is 4.74 Å². The maximum atomic E-state index is 5.30. The van der Waals surface area contributed by atoms with Crippen LogP contribution in [0.1, 0.15) is 77.6 Å². The Morgan fingerprint density at radius 1 is 0.810 bits per heavy atom. The molecule has 0 heterocycles. The molecule has 2 fully saturated rings. The summed E-state index contributed by atoms with van der Waals surface area (Å²) in [5.74, 6) is 3.81. The van der Waals surface area contributed by atoms with Gasteiger partial charge in [-0.3, -0.25) is 0 Å². The summed E-state index contributed by atoms with van der Waals surface area (Å²) >= 11 is 0. The first-order chi connectivity index (χ1) is 10.3. The van der Waals surface area contributed by atoms with E-state index in [1.54, 1.807) is 0 Å². The van der Waals surface area contributed by atoms with Crippen molar-refractivity contribution in [1.29, 1.82) is 0 Å². The first-order valence-electron chi connectivity index (χ1n) is 9.47. The summed E-state index contributed by atoms with van der Waals surface area (Å²) < 4.78 is 5.30. The molecule has 0 amide bonds. The van der Waals surface area contributed by atoms with Crippen LogP contribution in [0.3, 0.4) is 0 Å². The first-order valence-corrected chi connectivity index (χ1v) is 9.47. The highest BCUT2D eigenvalue weighted by atomic mass is 16.5. The lowest BCUT2D eigenvalue weighted by molar-refractivity contribution is 0.115. The highest BCUT2D eigenvalue weighted by molar-refractivity contribution is 4.90. The van der Waals surface area contributed by atoms with Crippen LogP contribution in [-0.4, -0.2) is 13.7 Å². The fourth-order valence-corrected chi connectivity index (χ4v) is 4.39. The van der Waals surface area contributed by atoms with E-state index in [4.69, 9.17) is 4.74 Å². The molecule has 1 nitrogen and oxygen atoms in total. The summed E-state index contributed by atoms with van der Waals surface area (Å²) in [4.78, 5) is 0. The van der Waals surface area contributed by atoms with E-state index in [0.717, 1.165) is 30.3 Å². The lowest BCUT2D eigenvalue weighted by Crippen LogP contribution is -2.19. The second-order valence-corrected chi connectivity index (χ2v) is 7.54. The molecule has 0 saturated heterocycles. The lowest BCUT2D eigenvalue weighted by atomic mass is 9.75. The van der Waals surface area contributed by atoms with Gasteiger partial charge in [0.05, 0.1) is 0 Å². The van der Waals surface area contributed by atoms with Crippen molar-refractivity contribution in [2.75, 3.05) is 13.7 Å². The molecular formula is C20H36O. The quantitative estimate of drug-likeness (QED) is 0.523. The molecule has 0 aromatic rings. The number of hydrogen-bond acceptors (Lipinski definition) is 1. The van der Waals surface area contributed by atoms with Gasteiger partial charge in [0, 0.05) is 13.7 Å². The van der Waals surface area contributed by atoms with Crippen molar-refractivity contribution in [3.8, 4) is 0 Å². The Bertz CT molecular complexity index is 280. The third-order valence-electron chi connectivity index (χ3n) is 5.89. The summed E-state index contributed by atoms with van der Waals surface area (Å²) in [6, 6.07) is 0. The van der Waals surface area contributed by atoms with Crippen molar-refractivity contribution in [2.24, 2.45) is 23.7 Å². The van der Waals surface area contributed by atoms with Gasteiger partial charge in [0.2, 0.25) is 0 Å². The van der Waals surface area contributed by atoms with Crippen molar-refractivity contribution in [1.82, 2.24) is 0 Å². The fraction of sp³-hybridized carbons (Fsp3) is 0.900. The average Bonchev–Trinajstić information content (AvgIpc) is 2.53. The van der Waals surface area contributed by atoms with E-state index < -0.39 is 0 Å². The second-order valence-electron chi connectivity index (χ2n) is 7.54. The topological polar surface area (TPSA) is 9.23 Å². The standard InChI is InChI=1S/C20H36O/c1-3-4-5-17-6-8-18(9-7-17)10-11-19-12-14-20(15-13-19)16-21-2/h4-5,17-20H,3,6-16H2,1-2H3. The van der Waals surface area contributed by atoms with Gasteiger partial charge in [0.25, 0.3) is 0 Å². The normalized spacial score (nSPS) is 34.4. The van der Waals surface area contributed by atoms with E-state index >= 15 is 0 Å². The van der Waals surface area contributed by atoms with E-state index in [1.807, 2.05) is 7.11 Å². The van der Waals surface area contributed by atoms with Crippen LogP contribution >= 0.6 is 0 Å². The minimum atomic E-state index is 0.854. The van der Waals surface area contributed by atoms with Crippen LogP contribution < -0.4 is 0 Å². The molecule has 0 atom stereocenters. The van der Waals surface area contributed by atoms with Crippen molar-refractivity contribution >= 4 is 0 Å². The summed E-state index contributed by atoms with van der Waals surface area (Å²) in [6.45, 7) is 3.23. The zero-order valence-corrected chi connectivity index (χ0v) is 14.4. The Morgan fingerprint density at radius 2 is 1.33 bits per heavy atom. The molecule has 0 aromatic carbocycles. The van der Waals surface area contributed by atoms with Gasteiger partial charge in [-0.1, -0.05) is 44.8 Å². The molecule has 2 rings (SSSR count). The van der Waals surface area contributed by atoms with E-state index in [9.17, 15) is 0 Å². The molecule has 0 spiro atoms. The van der Waals surface area contributed by atoms with Crippen LogP contribution in [0.15, 0.2) is 12.2 Å². The maximum Gasteiger partial charge on any atom is 0.0490 e. The molecule has 122 valence electrons. The zero-order valence-electron chi connectivity index (χ0n) is 14.4. The van der Waals surface area contributed by atoms with Crippen LogP contribution in [-0.2, 0) is 4.74 Å². The lowest BCUT2D eigenvalue weighted by Gasteiger charge is -2.31. The number of methoxy groups -OCH3 is 1. The Kier molecular flexibility index (Phi) is 7.85. The molecule has 2 aliphatic carbocycles. The predicted octanol–water partition coefficient (Wildman–Crippen LogP) is 5.99. The van der Waals surface area contributed by atoms with Crippen LogP contribution in [0.4, 0.5) is 0 Å². The summed E-state index contributed by atoms with van der Waals surface area (Å²) in [5.41, 5.74) is 0. The van der Waals surface area contributed by atoms with Crippen molar-refractivity contribution < 1.29 is 4.74 Å². The van der Waals surface area contributed by atoms with E-state index in [1.165, 1.54) is 70.6 Å². The van der Waals surface area contributed by atoms with Crippen molar-refractivity contribution in [3.05, 3.63) is 12.2 Å². The molecule has 0 unspecified atom stereocenters. The summed E-state index contributed by atoms with van der Waals surface area (Å²) in [7, 11) is 1.85. The molecule has 0 bridgehead atoms. The Balaban J connectivity index is 1.57. The van der Waals surface area contributed by atoms with Gasteiger partial charge in [-0.25, -0.2) is 0 Å². The Labute approximate surface area is 132 Å². The second kappa shape index (κ2) is 9.66. The highest BCUT2D eigenvalue weighted by Crippen LogP contribution is 2.36. The van der Waals surface area contributed by atoms with Crippen molar-refractivity contribution in [2.45, 2.75) is 77.6 Å². The smallest absolute Gasteiger partial charge is 0.0490 e. The molecule has 2 aliphatic rings. The van der Waals surface area contributed by atoms with Gasteiger partial charge in [-0.05, 0) is 68.6 Å². The van der Waals surface area contributed by atoms with Crippen LogP contribution in [0, 0.1) is 23.7 Å². The van der Waals surface area contributed by atoms with Gasteiger partial charge in [0.1, 0.15) is 0 Å². The van der Waals surface area contributed by atoms with Crippen LogP contribution in [0.2, 0.25) is 0 Å². The minimum absolute atomic E-state index is 0.854. The van der Waals surface area contributed by atoms with E-state index in [0.29, 0.717) is 0 Å². The van der Waals surface area contributed by atoms with Crippen molar-refractivity contribution in [3.63, 3.8) is 0 Å². The van der Waals surface area contributed by atoms with Gasteiger partial charge >= 0.3 is 0 Å². The summed E-state index contributed by atoms with van der Waals surface area (Å²) in [6.07, 6.45) is 20.6. The number of hydrogen-bond donors (Lipinski definition) is 0. The van der Waals surface area contributed by atoms with Gasteiger partial charge in [-0.2, -0.15) is 0 Å². The van der Waals surface area contributed by atoms with Gasteiger partial charge in [-0.15, -0.1) is 0 Å². The largest absolute Gasteiger partial charge is 0.384 e. The van der Waals surface area contributed by atoms with Crippen LogP contribution in [0.5, 0.6) is 0 Å². The first kappa shape index (κ1) is 17.1. The SMILES string of the molecule is CCC=CC1CCC(CCC2CCC(COC)CC2)CC1. The van der Waals surface area contributed by atoms with E-state index in [2.05, 4.69) is 19.1 Å².